The van der Waals surface area contributed by atoms with E-state index in [2.05, 4.69) is 0 Å². The van der Waals surface area contributed by atoms with E-state index >= 15 is 0 Å². The van der Waals surface area contributed by atoms with Crippen molar-refractivity contribution in [1.29, 1.82) is 0 Å². The number of amides is 1. The summed E-state index contributed by atoms with van der Waals surface area (Å²) in [5, 5.41) is 0. The van der Waals surface area contributed by atoms with E-state index in [1.807, 2.05) is 5.43 Å². The lowest BCUT2D eigenvalue weighted by atomic mass is 10.2. The molecule has 0 spiro atoms. The van der Waals surface area contributed by atoms with Crippen molar-refractivity contribution in [2.24, 2.45) is 5.84 Å². The highest BCUT2D eigenvalue weighted by molar-refractivity contribution is 5.80. The second-order valence-corrected chi connectivity index (χ2v) is 3.29. The first-order valence-corrected chi connectivity index (χ1v) is 4.69. The highest BCUT2D eigenvalue weighted by Gasteiger charge is 2.30. The molecular weight excluding hydrogens is 237 g/mol. The van der Waals surface area contributed by atoms with Crippen LogP contribution in [-0.4, -0.2) is 12.0 Å². The van der Waals surface area contributed by atoms with Crippen molar-refractivity contribution in [2.45, 2.75) is 19.2 Å². The van der Waals surface area contributed by atoms with Gasteiger partial charge in [0.2, 0.25) is 0 Å². The predicted octanol–water partition coefficient (Wildman–Crippen LogP) is 1.46. The summed E-state index contributed by atoms with van der Waals surface area (Å²) in [5.74, 6) is 4.20. The number of hydrazine groups is 1. The van der Waals surface area contributed by atoms with E-state index in [0.29, 0.717) is 0 Å². The number of carbonyl (C=O) groups excluding carboxylic acids is 1. The normalized spacial score (nSPS) is 13.0. The SMILES string of the molecule is C[C@@H](Oc1cccc(C(F)(F)F)c1)C(=O)NN. The molecule has 0 bridgehead atoms. The molecule has 1 atom stereocenters. The van der Waals surface area contributed by atoms with Crippen LogP contribution in [0, 0.1) is 0 Å². The van der Waals surface area contributed by atoms with E-state index in [1.54, 1.807) is 0 Å². The van der Waals surface area contributed by atoms with Crippen LogP contribution >= 0.6 is 0 Å². The number of ether oxygens (including phenoxy) is 1. The largest absolute Gasteiger partial charge is 0.481 e. The van der Waals surface area contributed by atoms with Crippen LogP contribution in [0.2, 0.25) is 0 Å². The molecule has 0 saturated heterocycles. The number of halogens is 3. The summed E-state index contributed by atoms with van der Waals surface area (Å²) in [6.07, 6.45) is -5.41. The molecule has 0 heterocycles. The fourth-order valence-corrected chi connectivity index (χ4v) is 1.12. The Morgan fingerprint density at radius 3 is 2.65 bits per heavy atom. The predicted molar refractivity (Wildman–Crippen MR) is 53.9 cm³/mol. The number of hydrogen-bond donors (Lipinski definition) is 2. The van der Waals surface area contributed by atoms with Gasteiger partial charge in [-0.15, -0.1) is 0 Å². The minimum absolute atomic E-state index is 0.0454. The first kappa shape index (κ1) is 13.3. The molecule has 0 radical (unpaired) electrons. The zero-order valence-corrected chi connectivity index (χ0v) is 8.91. The van der Waals surface area contributed by atoms with Crippen LogP contribution in [0.1, 0.15) is 12.5 Å². The number of rotatable bonds is 3. The Bertz CT molecular complexity index is 407. The summed E-state index contributed by atoms with van der Waals surface area (Å²) in [4.78, 5) is 11.0. The molecule has 0 aromatic heterocycles. The van der Waals surface area contributed by atoms with Gasteiger partial charge in [0.05, 0.1) is 5.56 Å². The summed E-state index contributed by atoms with van der Waals surface area (Å²) < 4.78 is 42.1. The van der Waals surface area contributed by atoms with Gasteiger partial charge in [0, 0.05) is 0 Å². The van der Waals surface area contributed by atoms with Crippen LogP contribution in [0.15, 0.2) is 24.3 Å². The molecule has 17 heavy (non-hydrogen) atoms. The summed E-state index contributed by atoms with van der Waals surface area (Å²) in [5.41, 5.74) is 1.01. The van der Waals surface area contributed by atoms with Gasteiger partial charge < -0.3 is 4.74 Å². The Balaban J connectivity index is 2.83. The van der Waals surface area contributed by atoms with E-state index in [9.17, 15) is 18.0 Å². The van der Waals surface area contributed by atoms with Gasteiger partial charge in [0.25, 0.3) is 5.91 Å². The Hall–Kier alpha value is -1.76. The van der Waals surface area contributed by atoms with Gasteiger partial charge in [-0.05, 0) is 25.1 Å². The first-order chi connectivity index (χ1) is 7.84. The molecule has 1 aromatic carbocycles. The lowest BCUT2D eigenvalue weighted by molar-refractivity contribution is -0.137. The zero-order chi connectivity index (χ0) is 13.1. The molecule has 1 aromatic rings. The Labute approximate surface area is 95.5 Å². The third kappa shape index (κ3) is 3.63. The van der Waals surface area contributed by atoms with Crippen LogP contribution in [0.25, 0.3) is 0 Å². The van der Waals surface area contributed by atoms with Crippen molar-refractivity contribution in [3.8, 4) is 5.75 Å². The minimum atomic E-state index is -4.45. The summed E-state index contributed by atoms with van der Waals surface area (Å²) >= 11 is 0. The smallest absolute Gasteiger partial charge is 0.416 e. The van der Waals surface area contributed by atoms with Crippen molar-refractivity contribution in [3.05, 3.63) is 29.8 Å². The topological polar surface area (TPSA) is 64.3 Å². The maximum absolute atomic E-state index is 12.4. The van der Waals surface area contributed by atoms with Crippen LogP contribution in [0.4, 0.5) is 13.2 Å². The summed E-state index contributed by atoms with van der Waals surface area (Å²) in [7, 11) is 0. The Morgan fingerprint density at radius 2 is 2.12 bits per heavy atom. The molecule has 7 heteroatoms. The van der Waals surface area contributed by atoms with Crippen LogP contribution < -0.4 is 16.0 Å². The van der Waals surface area contributed by atoms with E-state index in [0.717, 1.165) is 12.1 Å². The Morgan fingerprint density at radius 1 is 1.47 bits per heavy atom. The maximum Gasteiger partial charge on any atom is 0.416 e. The molecular formula is C10H11F3N2O2. The van der Waals surface area contributed by atoms with Gasteiger partial charge in [-0.25, -0.2) is 5.84 Å². The van der Waals surface area contributed by atoms with E-state index in [4.69, 9.17) is 10.6 Å². The van der Waals surface area contributed by atoms with Gasteiger partial charge in [-0.3, -0.25) is 10.2 Å². The average molecular weight is 248 g/mol. The monoisotopic (exact) mass is 248 g/mol. The first-order valence-electron chi connectivity index (χ1n) is 4.69. The second kappa shape index (κ2) is 5.05. The third-order valence-corrected chi connectivity index (χ3v) is 1.99. The van der Waals surface area contributed by atoms with E-state index in [-0.39, 0.29) is 5.75 Å². The quantitative estimate of drug-likeness (QED) is 0.483. The molecule has 1 amide bonds. The molecule has 0 saturated carbocycles. The van der Waals surface area contributed by atoms with Crippen molar-refractivity contribution in [1.82, 2.24) is 5.43 Å². The molecule has 0 fully saturated rings. The maximum atomic E-state index is 12.4. The second-order valence-electron chi connectivity index (χ2n) is 3.29. The number of hydrogen-bond acceptors (Lipinski definition) is 3. The lowest BCUT2D eigenvalue weighted by Gasteiger charge is -2.14. The van der Waals surface area contributed by atoms with Gasteiger partial charge in [0.1, 0.15) is 5.75 Å². The zero-order valence-electron chi connectivity index (χ0n) is 8.91. The number of nitrogens with two attached hydrogens (primary N) is 1. The van der Waals surface area contributed by atoms with Crippen LogP contribution in [0.3, 0.4) is 0 Å². The highest BCUT2D eigenvalue weighted by Crippen LogP contribution is 2.31. The van der Waals surface area contributed by atoms with E-state index in [1.165, 1.54) is 19.1 Å². The van der Waals surface area contributed by atoms with Gasteiger partial charge in [-0.2, -0.15) is 13.2 Å². The molecule has 0 aliphatic carbocycles. The van der Waals surface area contributed by atoms with Crippen molar-refractivity contribution in [3.63, 3.8) is 0 Å². The lowest BCUT2D eigenvalue weighted by Crippen LogP contribution is -2.40. The van der Waals surface area contributed by atoms with E-state index < -0.39 is 23.8 Å². The standard InChI is InChI=1S/C10H11F3N2O2/c1-6(9(16)15-14)17-8-4-2-3-7(5-8)10(11,12)13/h2-6H,14H2,1H3,(H,15,16)/t6-/m1/s1. The van der Waals surface area contributed by atoms with Crippen LogP contribution in [0.5, 0.6) is 5.75 Å². The Kier molecular flexibility index (Phi) is 3.95. The number of carbonyl (C=O) groups is 1. The number of benzene rings is 1. The van der Waals surface area contributed by atoms with Gasteiger partial charge in [0.15, 0.2) is 6.10 Å². The molecule has 3 N–H and O–H groups in total. The molecule has 1 rings (SSSR count). The minimum Gasteiger partial charge on any atom is -0.481 e. The fourth-order valence-electron chi connectivity index (χ4n) is 1.12. The highest BCUT2D eigenvalue weighted by atomic mass is 19.4. The van der Waals surface area contributed by atoms with Crippen molar-refractivity contribution in [2.75, 3.05) is 0 Å². The van der Waals surface area contributed by atoms with Gasteiger partial charge in [-0.1, -0.05) is 6.07 Å². The summed E-state index contributed by atoms with van der Waals surface area (Å²) in [6, 6.07) is 4.27. The average Bonchev–Trinajstić information content (AvgIpc) is 2.27. The fraction of sp³-hybridized carbons (Fsp3) is 0.300. The van der Waals surface area contributed by atoms with Crippen LogP contribution in [-0.2, 0) is 11.0 Å². The number of nitrogens with one attached hydrogen (secondary N) is 1. The molecule has 4 nitrogen and oxygen atoms in total. The van der Waals surface area contributed by atoms with Gasteiger partial charge >= 0.3 is 6.18 Å². The molecule has 0 unspecified atom stereocenters. The molecule has 0 aliphatic heterocycles. The molecule has 94 valence electrons. The molecule has 0 aliphatic rings. The third-order valence-electron chi connectivity index (χ3n) is 1.99. The number of alkyl halides is 3. The summed E-state index contributed by atoms with van der Waals surface area (Å²) in [6.45, 7) is 1.38. The van der Waals surface area contributed by atoms with Crippen molar-refractivity contribution < 1.29 is 22.7 Å². The van der Waals surface area contributed by atoms with Crippen molar-refractivity contribution >= 4 is 5.91 Å².